The summed E-state index contributed by atoms with van der Waals surface area (Å²) < 4.78 is 17.0. The normalized spacial score (nSPS) is 11.1. The molecule has 4 rings (SSSR count). The van der Waals surface area contributed by atoms with E-state index in [1.165, 1.54) is 30.4 Å². The molecule has 4 aromatic rings. The van der Waals surface area contributed by atoms with Crippen molar-refractivity contribution in [2.75, 3.05) is 11.6 Å². The van der Waals surface area contributed by atoms with Crippen molar-refractivity contribution >= 4 is 23.6 Å². The highest BCUT2D eigenvalue weighted by Crippen LogP contribution is 2.33. The van der Waals surface area contributed by atoms with Gasteiger partial charge in [0.2, 0.25) is 0 Å². The molecule has 0 amide bonds. The number of rotatable bonds is 6. The van der Waals surface area contributed by atoms with Crippen LogP contribution in [0.25, 0.3) is 17.1 Å². The van der Waals surface area contributed by atoms with Crippen LogP contribution in [0.5, 0.6) is 0 Å². The van der Waals surface area contributed by atoms with Gasteiger partial charge in [0.25, 0.3) is 0 Å². The number of nitrogens with zero attached hydrogens (tertiary/aromatic N) is 6. The smallest absolute Gasteiger partial charge is 0.159 e. The minimum absolute atomic E-state index is 0.261. The number of nitrogens with one attached hydrogen (secondary N) is 1. The van der Waals surface area contributed by atoms with Crippen LogP contribution in [-0.4, -0.2) is 35.2 Å². The Hall–Kier alpha value is -3.20. The molecule has 3 aromatic heterocycles. The van der Waals surface area contributed by atoms with E-state index in [4.69, 9.17) is 5.10 Å². The lowest BCUT2D eigenvalue weighted by atomic mass is 10.1. The van der Waals surface area contributed by atoms with Gasteiger partial charge in [-0.2, -0.15) is 5.10 Å². The molecule has 0 fully saturated rings. The molecule has 1 N–H and O–H groups in total. The summed E-state index contributed by atoms with van der Waals surface area (Å²) in [6.07, 6.45) is 4.21. The predicted molar refractivity (Wildman–Crippen MR) is 118 cm³/mol. The number of aromatic nitrogens is 6. The van der Waals surface area contributed by atoms with Crippen molar-refractivity contribution in [3.05, 3.63) is 65.5 Å². The van der Waals surface area contributed by atoms with Gasteiger partial charge in [0, 0.05) is 29.1 Å². The lowest BCUT2D eigenvalue weighted by molar-refractivity contribution is 0.628. The van der Waals surface area contributed by atoms with Gasteiger partial charge in [-0.15, -0.1) is 5.10 Å². The fourth-order valence-electron chi connectivity index (χ4n) is 3.40. The van der Waals surface area contributed by atoms with Crippen LogP contribution in [0.2, 0.25) is 0 Å². The Morgan fingerprint density at radius 2 is 1.83 bits per heavy atom. The summed E-state index contributed by atoms with van der Waals surface area (Å²) in [6.45, 7) is 6.00. The minimum atomic E-state index is -0.261. The number of hydrogen-bond acceptors (Lipinski definition) is 6. The van der Waals surface area contributed by atoms with Gasteiger partial charge in [-0.25, -0.2) is 23.1 Å². The Kier molecular flexibility index (Phi) is 5.54. The molecule has 0 bridgehead atoms. The second kappa shape index (κ2) is 8.27. The van der Waals surface area contributed by atoms with Crippen molar-refractivity contribution in [1.82, 2.24) is 28.9 Å². The predicted octanol–water partition coefficient (Wildman–Crippen LogP) is 4.71. The van der Waals surface area contributed by atoms with Gasteiger partial charge in [0.15, 0.2) is 11.6 Å². The fourth-order valence-corrected chi connectivity index (χ4v) is 3.96. The van der Waals surface area contributed by atoms with Crippen molar-refractivity contribution in [2.24, 2.45) is 0 Å². The number of hydrogen-bond donors (Lipinski definition) is 1. The highest BCUT2D eigenvalue weighted by atomic mass is 32.2. The third-order valence-corrected chi connectivity index (χ3v) is 5.33. The number of anilines is 2. The van der Waals surface area contributed by atoms with E-state index in [0.717, 1.165) is 34.6 Å². The Labute approximate surface area is 178 Å². The molecule has 0 spiro atoms. The molecular weight excluding hydrogens is 401 g/mol. The topological polar surface area (TPSA) is 73.5 Å². The second-order valence-corrected chi connectivity index (χ2v) is 7.53. The van der Waals surface area contributed by atoms with Gasteiger partial charge in [0.1, 0.15) is 18.0 Å². The summed E-state index contributed by atoms with van der Waals surface area (Å²) in [4.78, 5) is 8.70. The van der Waals surface area contributed by atoms with E-state index in [-0.39, 0.29) is 5.82 Å². The van der Waals surface area contributed by atoms with E-state index in [1.54, 1.807) is 16.8 Å². The van der Waals surface area contributed by atoms with Gasteiger partial charge in [0.05, 0.1) is 11.4 Å². The quantitative estimate of drug-likeness (QED) is 0.484. The van der Waals surface area contributed by atoms with Crippen molar-refractivity contribution in [3.63, 3.8) is 0 Å². The average molecular weight is 424 g/mol. The van der Waals surface area contributed by atoms with Gasteiger partial charge >= 0.3 is 0 Å². The summed E-state index contributed by atoms with van der Waals surface area (Å²) in [5, 5.41) is 12.5. The molecule has 0 aliphatic heterocycles. The molecular formula is C21H22FN7S. The SMILES string of the molecule is CCc1c(Nc2cc(-n3nc(C)cc3C)ncn2)nn(SC)c1-c1ccc(F)cc1. The molecule has 0 aliphatic rings. The lowest BCUT2D eigenvalue weighted by Gasteiger charge is -2.08. The Bertz CT molecular complexity index is 1180. The maximum atomic E-state index is 13.4. The molecule has 3 heterocycles. The zero-order valence-corrected chi connectivity index (χ0v) is 18.0. The lowest BCUT2D eigenvalue weighted by Crippen LogP contribution is -2.05. The van der Waals surface area contributed by atoms with Crippen LogP contribution in [0.1, 0.15) is 23.9 Å². The number of aryl methyl sites for hydroxylation is 2. The average Bonchev–Trinajstić information content (AvgIpc) is 3.27. The van der Waals surface area contributed by atoms with Crippen LogP contribution < -0.4 is 5.32 Å². The van der Waals surface area contributed by atoms with Gasteiger partial charge < -0.3 is 5.32 Å². The van der Waals surface area contributed by atoms with Crippen molar-refractivity contribution in [1.29, 1.82) is 0 Å². The molecule has 9 heteroatoms. The summed E-state index contributed by atoms with van der Waals surface area (Å²) in [5.41, 5.74) is 4.81. The highest BCUT2D eigenvalue weighted by Gasteiger charge is 2.19. The van der Waals surface area contributed by atoms with Crippen LogP contribution in [0.15, 0.2) is 42.7 Å². The van der Waals surface area contributed by atoms with E-state index < -0.39 is 0 Å². The van der Waals surface area contributed by atoms with Crippen LogP contribution in [-0.2, 0) is 6.42 Å². The zero-order chi connectivity index (χ0) is 21.3. The molecule has 7 nitrogen and oxygen atoms in total. The van der Waals surface area contributed by atoms with E-state index in [0.29, 0.717) is 17.5 Å². The van der Waals surface area contributed by atoms with Crippen LogP contribution in [0.3, 0.4) is 0 Å². The van der Waals surface area contributed by atoms with Crippen molar-refractivity contribution in [3.8, 4) is 17.1 Å². The van der Waals surface area contributed by atoms with E-state index >= 15 is 0 Å². The first-order chi connectivity index (χ1) is 14.5. The summed E-state index contributed by atoms with van der Waals surface area (Å²) in [6, 6.07) is 10.3. The zero-order valence-electron chi connectivity index (χ0n) is 17.2. The molecule has 0 saturated heterocycles. The third-order valence-electron chi connectivity index (χ3n) is 4.72. The van der Waals surface area contributed by atoms with Crippen LogP contribution in [0.4, 0.5) is 16.0 Å². The standard InChI is InChI=1S/C21H22FN7S/c1-5-17-20(15-6-8-16(22)9-7-15)29(30-4)27-21(17)25-18-11-19(24-12-23-18)28-14(3)10-13(2)26-28/h6-12H,5H2,1-4H3,(H,23,24,25,27). The molecule has 0 saturated carbocycles. The van der Waals surface area contributed by atoms with Gasteiger partial charge in [-0.1, -0.05) is 6.92 Å². The molecule has 0 unspecified atom stereocenters. The second-order valence-electron chi connectivity index (χ2n) is 6.82. The largest absolute Gasteiger partial charge is 0.323 e. The summed E-state index contributed by atoms with van der Waals surface area (Å²) >= 11 is 1.49. The maximum absolute atomic E-state index is 13.4. The van der Waals surface area contributed by atoms with Crippen molar-refractivity contribution < 1.29 is 4.39 Å². The monoisotopic (exact) mass is 423 g/mol. The molecule has 0 radical (unpaired) electrons. The first-order valence-electron chi connectivity index (χ1n) is 9.55. The molecule has 0 aliphatic carbocycles. The van der Waals surface area contributed by atoms with E-state index in [2.05, 4.69) is 27.3 Å². The molecule has 1 aromatic carbocycles. The van der Waals surface area contributed by atoms with Crippen LogP contribution >= 0.6 is 11.9 Å². The Balaban J connectivity index is 1.73. The Morgan fingerprint density at radius 1 is 1.07 bits per heavy atom. The molecule has 0 atom stereocenters. The minimum Gasteiger partial charge on any atom is -0.323 e. The van der Waals surface area contributed by atoms with Gasteiger partial charge in [-0.3, -0.25) is 0 Å². The number of benzene rings is 1. The van der Waals surface area contributed by atoms with E-state index in [9.17, 15) is 4.39 Å². The summed E-state index contributed by atoms with van der Waals surface area (Å²) in [7, 11) is 0. The first-order valence-corrected chi connectivity index (χ1v) is 10.7. The molecule has 154 valence electrons. The number of halogens is 1. The van der Waals surface area contributed by atoms with E-state index in [1.807, 2.05) is 36.3 Å². The maximum Gasteiger partial charge on any atom is 0.159 e. The first kappa shape index (κ1) is 20.1. The Morgan fingerprint density at radius 3 is 2.47 bits per heavy atom. The van der Waals surface area contributed by atoms with Crippen LogP contribution in [0, 0.1) is 19.7 Å². The third kappa shape index (κ3) is 3.80. The summed E-state index contributed by atoms with van der Waals surface area (Å²) in [5.74, 6) is 1.75. The highest BCUT2D eigenvalue weighted by molar-refractivity contribution is 7.97. The molecule has 30 heavy (non-hydrogen) atoms. The fraction of sp³-hybridized carbons (Fsp3) is 0.238. The van der Waals surface area contributed by atoms with Crippen molar-refractivity contribution in [2.45, 2.75) is 27.2 Å². The van der Waals surface area contributed by atoms with Gasteiger partial charge in [-0.05, 0) is 62.5 Å².